The summed E-state index contributed by atoms with van der Waals surface area (Å²) in [6, 6.07) is 7.90. The third kappa shape index (κ3) is 7.96. The van der Waals surface area contributed by atoms with Crippen LogP contribution in [0.2, 0.25) is 0 Å². The van der Waals surface area contributed by atoms with E-state index >= 15 is 0 Å². The van der Waals surface area contributed by atoms with Gasteiger partial charge in [0.1, 0.15) is 0 Å². The van der Waals surface area contributed by atoms with Crippen LogP contribution in [0.4, 0.5) is 0 Å². The van der Waals surface area contributed by atoms with Gasteiger partial charge in [-0.25, -0.2) is 0 Å². The lowest BCUT2D eigenvalue weighted by molar-refractivity contribution is 0.251. The van der Waals surface area contributed by atoms with Crippen molar-refractivity contribution in [1.82, 2.24) is 4.90 Å². The van der Waals surface area contributed by atoms with E-state index in [2.05, 4.69) is 25.9 Å². The van der Waals surface area contributed by atoms with Crippen molar-refractivity contribution in [1.29, 1.82) is 0 Å². The molecule has 0 bridgehead atoms. The number of nitrogens with zero attached hydrogens (tertiary/aromatic N) is 1. The highest BCUT2D eigenvalue weighted by molar-refractivity contribution is 5.85. The molecule has 0 spiro atoms. The molecule has 1 aromatic carbocycles. The van der Waals surface area contributed by atoms with Crippen molar-refractivity contribution in [3.05, 3.63) is 24.3 Å². The first-order valence-electron chi connectivity index (χ1n) is 6.73. The molecular weight excluding hydrogens is 262 g/mol. The van der Waals surface area contributed by atoms with E-state index in [1.165, 1.54) is 0 Å². The van der Waals surface area contributed by atoms with E-state index in [0.29, 0.717) is 0 Å². The van der Waals surface area contributed by atoms with Gasteiger partial charge >= 0.3 is 0 Å². The Labute approximate surface area is 123 Å². The molecule has 0 N–H and O–H groups in total. The Kier molecular flexibility index (Phi) is 10.4. The van der Waals surface area contributed by atoms with Gasteiger partial charge in [0.25, 0.3) is 0 Å². The van der Waals surface area contributed by atoms with Gasteiger partial charge in [0.05, 0.1) is 13.2 Å². The fourth-order valence-electron chi connectivity index (χ4n) is 1.58. The maximum absolute atomic E-state index is 5.77. The molecule has 0 aliphatic rings. The lowest BCUT2D eigenvalue weighted by Crippen LogP contribution is -2.15. The molecule has 0 aromatic heterocycles. The van der Waals surface area contributed by atoms with E-state index in [1.54, 1.807) is 0 Å². The van der Waals surface area contributed by atoms with Crippen LogP contribution in [-0.2, 0) is 0 Å². The van der Waals surface area contributed by atoms with Gasteiger partial charge in [-0.3, -0.25) is 0 Å². The average molecular weight is 288 g/mol. The fourth-order valence-corrected chi connectivity index (χ4v) is 1.58. The minimum atomic E-state index is 0. The van der Waals surface area contributed by atoms with Gasteiger partial charge in [-0.2, -0.15) is 0 Å². The first-order chi connectivity index (χ1) is 8.74. The predicted octanol–water partition coefficient (Wildman–Crippen LogP) is 3.62. The first-order valence-corrected chi connectivity index (χ1v) is 6.73. The van der Waals surface area contributed by atoms with E-state index in [0.717, 1.165) is 50.5 Å². The molecule has 0 saturated heterocycles. The van der Waals surface area contributed by atoms with Gasteiger partial charge in [-0.1, -0.05) is 25.5 Å². The summed E-state index contributed by atoms with van der Waals surface area (Å²) < 4.78 is 11.5. The Morgan fingerprint density at radius 2 is 1.47 bits per heavy atom. The van der Waals surface area contributed by atoms with E-state index in [4.69, 9.17) is 9.47 Å². The first kappa shape index (κ1) is 18.1. The summed E-state index contributed by atoms with van der Waals surface area (Å²) >= 11 is 0. The molecule has 19 heavy (non-hydrogen) atoms. The quantitative estimate of drug-likeness (QED) is 0.648. The summed E-state index contributed by atoms with van der Waals surface area (Å²) in [5.74, 6) is 1.71. The molecule has 1 rings (SSSR count). The lowest BCUT2D eigenvalue weighted by atomic mass is 10.3. The van der Waals surface area contributed by atoms with Crippen molar-refractivity contribution in [2.24, 2.45) is 0 Å². The number of benzene rings is 1. The summed E-state index contributed by atoms with van der Waals surface area (Å²) in [5, 5.41) is 0. The van der Waals surface area contributed by atoms with Gasteiger partial charge in [0.15, 0.2) is 11.5 Å². The number of unbranched alkanes of at least 4 members (excludes halogenated alkanes) is 1. The summed E-state index contributed by atoms with van der Waals surface area (Å²) in [4.78, 5) is 2.16. The zero-order chi connectivity index (χ0) is 13.2. The number of ether oxygens (including phenoxy) is 2. The summed E-state index contributed by atoms with van der Waals surface area (Å²) in [6.07, 6.45) is 3.25. The van der Waals surface area contributed by atoms with E-state index in [1.807, 2.05) is 24.3 Å². The van der Waals surface area contributed by atoms with Crippen LogP contribution in [0.25, 0.3) is 0 Å². The number of para-hydroxylation sites is 2. The van der Waals surface area contributed by atoms with Crippen LogP contribution in [0.3, 0.4) is 0 Å². The molecule has 0 atom stereocenters. The van der Waals surface area contributed by atoms with E-state index < -0.39 is 0 Å². The third-order valence-electron chi connectivity index (χ3n) is 2.61. The highest BCUT2D eigenvalue weighted by atomic mass is 35.5. The second-order valence-corrected chi connectivity index (χ2v) is 4.65. The molecule has 0 unspecified atom stereocenters. The lowest BCUT2D eigenvalue weighted by Gasteiger charge is -2.13. The van der Waals surface area contributed by atoms with Gasteiger partial charge < -0.3 is 14.4 Å². The van der Waals surface area contributed by atoms with Crippen LogP contribution in [0.5, 0.6) is 11.5 Å². The number of halogens is 1. The van der Waals surface area contributed by atoms with Crippen LogP contribution in [0.1, 0.15) is 26.2 Å². The van der Waals surface area contributed by atoms with Crippen molar-refractivity contribution in [3.63, 3.8) is 0 Å². The molecule has 0 aliphatic heterocycles. The highest BCUT2D eigenvalue weighted by Crippen LogP contribution is 2.26. The zero-order valence-corrected chi connectivity index (χ0v) is 13.0. The molecule has 4 heteroatoms. The van der Waals surface area contributed by atoms with Crippen LogP contribution >= 0.6 is 12.4 Å². The fraction of sp³-hybridized carbons (Fsp3) is 0.600. The van der Waals surface area contributed by atoms with Crippen molar-refractivity contribution >= 4 is 12.4 Å². The molecule has 0 heterocycles. The molecule has 3 nitrogen and oxygen atoms in total. The minimum Gasteiger partial charge on any atom is -0.490 e. The van der Waals surface area contributed by atoms with Crippen LogP contribution in [-0.4, -0.2) is 38.8 Å². The monoisotopic (exact) mass is 287 g/mol. The standard InChI is InChI=1S/C15H25NO2.ClH/c1-4-5-12-17-14-9-6-7-10-15(14)18-13-8-11-16(2)3;/h6-7,9-10H,4-5,8,11-13H2,1-3H3;1H. The Balaban J connectivity index is 0.00000324. The van der Waals surface area contributed by atoms with Crippen LogP contribution < -0.4 is 9.47 Å². The number of rotatable bonds is 9. The summed E-state index contributed by atoms with van der Waals surface area (Å²) in [6.45, 7) is 4.69. The van der Waals surface area contributed by atoms with Gasteiger partial charge in [-0.15, -0.1) is 12.4 Å². The van der Waals surface area contributed by atoms with Crippen LogP contribution in [0.15, 0.2) is 24.3 Å². The molecule has 1 aromatic rings. The largest absolute Gasteiger partial charge is 0.490 e. The van der Waals surface area contributed by atoms with Crippen molar-refractivity contribution in [2.75, 3.05) is 33.9 Å². The Morgan fingerprint density at radius 1 is 0.947 bits per heavy atom. The maximum atomic E-state index is 5.77. The van der Waals surface area contributed by atoms with E-state index in [9.17, 15) is 0 Å². The van der Waals surface area contributed by atoms with Gasteiger partial charge in [0, 0.05) is 6.54 Å². The highest BCUT2D eigenvalue weighted by Gasteiger charge is 2.03. The molecular formula is C15H26ClNO2. The zero-order valence-electron chi connectivity index (χ0n) is 12.2. The van der Waals surface area contributed by atoms with Crippen molar-refractivity contribution in [3.8, 4) is 11.5 Å². The summed E-state index contributed by atoms with van der Waals surface area (Å²) in [7, 11) is 4.14. The smallest absolute Gasteiger partial charge is 0.161 e. The molecule has 0 amide bonds. The molecule has 0 aliphatic carbocycles. The second kappa shape index (κ2) is 10.9. The van der Waals surface area contributed by atoms with Crippen LogP contribution in [0, 0.1) is 0 Å². The van der Waals surface area contributed by atoms with Gasteiger partial charge in [0.2, 0.25) is 0 Å². The van der Waals surface area contributed by atoms with Crippen molar-refractivity contribution in [2.45, 2.75) is 26.2 Å². The molecule has 0 fully saturated rings. The Bertz CT molecular complexity index is 332. The normalized spacial score (nSPS) is 10.1. The molecule has 110 valence electrons. The van der Waals surface area contributed by atoms with Crippen molar-refractivity contribution < 1.29 is 9.47 Å². The minimum absolute atomic E-state index is 0. The maximum Gasteiger partial charge on any atom is 0.161 e. The average Bonchev–Trinajstić information content (AvgIpc) is 2.36. The van der Waals surface area contributed by atoms with Gasteiger partial charge in [-0.05, 0) is 39.1 Å². The predicted molar refractivity (Wildman–Crippen MR) is 82.8 cm³/mol. The summed E-state index contributed by atoms with van der Waals surface area (Å²) in [5.41, 5.74) is 0. The number of hydrogen-bond donors (Lipinski definition) is 0. The Morgan fingerprint density at radius 3 is 1.95 bits per heavy atom. The molecule has 0 saturated carbocycles. The SMILES string of the molecule is CCCCOc1ccccc1OCCCN(C)C.Cl. The molecule has 0 radical (unpaired) electrons. The topological polar surface area (TPSA) is 21.7 Å². The number of hydrogen-bond acceptors (Lipinski definition) is 3. The second-order valence-electron chi connectivity index (χ2n) is 4.65. The van der Waals surface area contributed by atoms with E-state index in [-0.39, 0.29) is 12.4 Å². The third-order valence-corrected chi connectivity index (χ3v) is 2.61. The Hall–Kier alpha value is -0.930.